The molecule has 1 aliphatic rings. The lowest BCUT2D eigenvalue weighted by Crippen LogP contribution is -2.38. The molecule has 0 aromatic rings. The lowest BCUT2D eigenvalue weighted by Gasteiger charge is -2.16. The van der Waals surface area contributed by atoms with Gasteiger partial charge >= 0.3 is 10.1 Å². The van der Waals surface area contributed by atoms with Crippen LogP contribution in [0.3, 0.4) is 0 Å². The van der Waals surface area contributed by atoms with Gasteiger partial charge in [0.25, 0.3) is 0 Å². The summed E-state index contributed by atoms with van der Waals surface area (Å²) in [6, 6.07) is 0. The van der Waals surface area contributed by atoms with E-state index in [4.69, 9.17) is 9.66 Å². The van der Waals surface area contributed by atoms with Crippen LogP contribution in [0.5, 0.6) is 0 Å². The molecular formula is C3H5NO4S. The molecule has 1 atom stereocenters. The Morgan fingerprint density at radius 2 is 2.22 bits per heavy atom. The highest BCUT2D eigenvalue weighted by atomic mass is 32.2. The van der Waals surface area contributed by atoms with Crippen LogP contribution in [-0.2, 0) is 10.1 Å². The SMILES string of the molecule is O=S(=O)(O)C1=NCC1O. The predicted octanol–water partition coefficient (Wildman–Crippen LogP) is -1.35. The highest BCUT2D eigenvalue weighted by Gasteiger charge is 2.31. The summed E-state index contributed by atoms with van der Waals surface area (Å²) < 4.78 is 28.4. The molecule has 0 saturated heterocycles. The predicted molar refractivity (Wildman–Crippen MR) is 29.9 cm³/mol. The minimum atomic E-state index is -4.22. The number of aliphatic hydroxyl groups excluding tert-OH is 1. The van der Waals surface area contributed by atoms with Crippen molar-refractivity contribution < 1.29 is 18.1 Å². The summed E-state index contributed by atoms with van der Waals surface area (Å²) in [6.45, 7) is 0.0646. The largest absolute Gasteiger partial charge is 0.384 e. The van der Waals surface area contributed by atoms with E-state index < -0.39 is 21.3 Å². The Morgan fingerprint density at radius 1 is 1.67 bits per heavy atom. The summed E-state index contributed by atoms with van der Waals surface area (Å²) in [6.07, 6.45) is -1.10. The summed E-state index contributed by atoms with van der Waals surface area (Å²) in [5.74, 6) is 0. The van der Waals surface area contributed by atoms with Gasteiger partial charge in [0.2, 0.25) is 0 Å². The quantitative estimate of drug-likeness (QED) is 0.419. The van der Waals surface area contributed by atoms with Gasteiger partial charge in [-0.2, -0.15) is 8.42 Å². The zero-order valence-electron chi connectivity index (χ0n) is 4.35. The Hall–Kier alpha value is -0.460. The van der Waals surface area contributed by atoms with Crippen LogP contribution in [0.1, 0.15) is 0 Å². The molecule has 0 aliphatic carbocycles. The fourth-order valence-corrected chi connectivity index (χ4v) is 1.16. The van der Waals surface area contributed by atoms with Crippen LogP contribution in [0.15, 0.2) is 4.99 Å². The van der Waals surface area contributed by atoms with Crippen molar-refractivity contribution in [2.24, 2.45) is 4.99 Å². The van der Waals surface area contributed by atoms with Crippen LogP contribution in [0.4, 0.5) is 0 Å². The third kappa shape index (κ3) is 1.09. The number of nitrogens with zero attached hydrogens (tertiary/aromatic N) is 1. The minimum absolute atomic E-state index is 0.0646. The summed E-state index contributed by atoms with van der Waals surface area (Å²) in [4.78, 5) is 3.25. The summed E-state index contributed by atoms with van der Waals surface area (Å²) in [7, 11) is -4.22. The van der Waals surface area contributed by atoms with Gasteiger partial charge in [-0.05, 0) is 0 Å². The van der Waals surface area contributed by atoms with E-state index in [9.17, 15) is 8.42 Å². The van der Waals surface area contributed by atoms with Crippen molar-refractivity contribution in [2.45, 2.75) is 6.10 Å². The Kier molecular flexibility index (Phi) is 1.30. The Labute approximate surface area is 51.8 Å². The number of aliphatic imine (C=N–C) groups is 1. The second-order valence-electron chi connectivity index (χ2n) is 1.67. The van der Waals surface area contributed by atoms with E-state index in [1.165, 1.54) is 0 Å². The third-order valence-corrected chi connectivity index (χ3v) is 1.90. The Morgan fingerprint density at radius 3 is 2.22 bits per heavy atom. The molecule has 0 aromatic heterocycles. The molecule has 0 amide bonds. The van der Waals surface area contributed by atoms with Crippen LogP contribution >= 0.6 is 0 Å². The molecule has 0 saturated carbocycles. The standard InChI is InChI=1S/C3H5NO4S/c5-2-1-4-3(2)9(6,7)8/h2,5H,1H2,(H,6,7,8). The average Bonchev–Trinajstić information content (AvgIpc) is 1.57. The van der Waals surface area contributed by atoms with Crippen molar-refractivity contribution in [3.8, 4) is 0 Å². The zero-order chi connectivity index (χ0) is 7.07. The van der Waals surface area contributed by atoms with Gasteiger partial charge in [-0.15, -0.1) is 0 Å². The first kappa shape index (κ1) is 6.66. The summed E-state index contributed by atoms with van der Waals surface area (Å²) in [5, 5.41) is 8.05. The second kappa shape index (κ2) is 1.76. The Balaban J connectivity index is 2.91. The highest BCUT2D eigenvalue weighted by Crippen LogP contribution is 2.07. The van der Waals surface area contributed by atoms with Crippen molar-refractivity contribution in [2.75, 3.05) is 6.54 Å². The molecule has 1 heterocycles. The van der Waals surface area contributed by atoms with Gasteiger partial charge in [0, 0.05) is 0 Å². The number of hydrogen-bond acceptors (Lipinski definition) is 4. The molecule has 5 nitrogen and oxygen atoms in total. The zero-order valence-corrected chi connectivity index (χ0v) is 5.17. The summed E-state index contributed by atoms with van der Waals surface area (Å²) in [5.41, 5.74) is 0. The molecule has 1 unspecified atom stereocenters. The van der Waals surface area contributed by atoms with E-state index in [0.717, 1.165) is 0 Å². The topological polar surface area (TPSA) is 87.0 Å². The van der Waals surface area contributed by atoms with E-state index in [0.29, 0.717) is 0 Å². The van der Waals surface area contributed by atoms with E-state index in [2.05, 4.69) is 4.99 Å². The van der Waals surface area contributed by atoms with E-state index >= 15 is 0 Å². The molecule has 6 heteroatoms. The minimum Gasteiger partial charge on any atom is -0.384 e. The van der Waals surface area contributed by atoms with Gasteiger partial charge in [-0.1, -0.05) is 0 Å². The first-order valence-electron chi connectivity index (χ1n) is 2.21. The molecule has 0 radical (unpaired) electrons. The monoisotopic (exact) mass is 151 g/mol. The number of rotatable bonds is 0. The number of hydrogen-bond donors (Lipinski definition) is 2. The molecule has 0 bridgehead atoms. The van der Waals surface area contributed by atoms with Gasteiger partial charge in [-0.3, -0.25) is 9.55 Å². The molecule has 52 valence electrons. The maximum Gasteiger partial charge on any atom is 0.310 e. The van der Waals surface area contributed by atoms with E-state index in [1.54, 1.807) is 0 Å². The van der Waals surface area contributed by atoms with Crippen molar-refractivity contribution in [3.05, 3.63) is 0 Å². The molecule has 0 aromatic carbocycles. The maximum absolute atomic E-state index is 10.1. The van der Waals surface area contributed by atoms with Crippen molar-refractivity contribution in [1.82, 2.24) is 0 Å². The lowest BCUT2D eigenvalue weighted by molar-refractivity contribution is 0.235. The lowest BCUT2D eigenvalue weighted by atomic mass is 10.3. The van der Waals surface area contributed by atoms with Crippen LogP contribution in [-0.4, -0.2) is 35.8 Å². The van der Waals surface area contributed by atoms with Crippen LogP contribution in [0.2, 0.25) is 0 Å². The molecule has 9 heavy (non-hydrogen) atoms. The molecule has 0 spiro atoms. The highest BCUT2D eigenvalue weighted by molar-refractivity contribution is 8.01. The van der Waals surface area contributed by atoms with E-state index in [1.807, 2.05) is 0 Å². The van der Waals surface area contributed by atoms with Gasteiger partial charge in [0.05, 0.1) is 6.54 Å². The molecule has 1 rings (SSSR count). The van der Waals surface area contributed by atoms with Crippen molar-refractivity contribution in [3.63, 3.8) is 0 Å². The first-order chi connectivity index (χ1) is 4.02. The van der Waals surface area contributed by atoms with Crippen LogP contribution in [0, 0.1) is 0 Å². The first-order valence-corrected chi connectivity index (χ1v) is 3.66. The second-order valence-corrected chi connectivity index (χ2v) is 3.04. The van der Waals surface area contributed by atoms with Gasteiger partial charge in [0.1, 0.15) is 6.10 Å². The van der Waals surface area contributed by atoms with Crippen LogP contribution in [0.25, 0.3) is 0 Å². The Bertz CT molecular complexity index is 241. The smallest absolute Gasteiger partial charge is 0.310 e. The van der Waals surface area contributed by atoms with Gasteiger partial charge < -0.3 is 5.11 Å². The molecular weight excluding hydrogens is 146 g/mol. The average molecular weight is 151 g/mol. The van der Waals surface area contributed by atoms with Gasteiger partial charge in [-0.25, -0.2) is 0 Å². The fourth-order valence-electron chi connectivity index (χ4n) is 0.501. The summed E-state index contributed by atoms with van der Waals surface area (Å²) >= 11 is 0. The molecule has 1 aliphatic heterocycles. The molecule has 2 N–H and O–H groups in total. The van der Waals surface area contributed by atoms with Gasteiger partial charge in [0.15, 0.2) is 5.04 Å². The van der Waals surface area contributed by atoms with Crippen LogP contribution < -0.4 is 0 Å². The molecule has 0 fully saturated rings. The normalized spacial score (nSPS) is 26.9. The van der Waals surface area contributed by atoms with Crippen molar-refractivity contribution >= 4 is 15.2 Å². The number of aliphatic hydroxyl groups is 1. The third-order valence-electron chi connectivity index (χ3n) is 0.969. The maximum atomic E-state index is 10.1. The van der Waals surface area contributed by atoms with Crippen molar-refractivity contribution in [1.29, 1.82) is 0 Å². The fraction of sp³-hybridized carbons (Fsp3) is 0.667. The van der Waals surface area contributed by atoms with E-state index in [-0.39, 0.29) is 6.54 Å².